The van der Waals surface area contributed by atoms with Crippen LogP contribution < -0.4 is 0 Å². The fraction of sp³-hybridized carbons (Fsp3) is 0.455. The first-order valence-corrected chi connectivity index (χ1v) is 10.00. The number of benzene rings is 1. The molecular formula is C11H3Br2Cl3F7O2S. The minimum atomic E-state index is -6.88. The van der Waals surface area contributed by atoms with Gasteiger partial charge >= 0.3 is 17.4 Å². The molecule has 1 rings (SSSR count). The van der Waals surface area contributed by atoms with Crippen molar-refractivity contribution in [3.63, 3.8) is 0 Å². The topological polar surface area (TPSA) is 34.1 Å². The minimum absolute atomic E-state index is 0.345. The molecule has 0 spiro atoms. The quantitative estimate of drug-likeness (QED) is 0.294. The average Bonchev–Trinajstić information content (AvgIpc) is 2.38. The van der Waals surface area contributed by atoms with Crippen LogP contribution in [0.3, 0.4) is 0 Å². The van der Waals surface area contributed by atoms with Crippen LogP contribution in [0, 0.1) is 6.07 Å². The molecule has 0 saturated carbocycles. The zero-order valence-corrected chi connectivity index (χ0v) is 17.8. The van der Waals surface area contributed by atoms with Gasteiger partial charge in [0.2, 0.25) is 0 Å². The molecule has 0 amide bonds. The van der Waals surface area contributed by atoms with Crippen molar-refractivity contribution in [3.05, 3.63) is 26.6 Å². The van der Waals surface area contributed by atoms with Crippen LogP contribution in [0.5, 0.6) is 0 Å². The van der Waals surface area contributed by atoms with Gasteiger partial charge in [-0.25, -0.2) is 8.42 Å². The van der Waals surface area contributed by atoms with Crippen molar-refractivity contribution in [2.45, 2.75) is 32.5 Å². The third-order valence-corrected chi connectivity index (χ3v) is 6.15. The molecule has 0 heterocycles. The lowest BCUT2D eigenvalue weighted by molar-refractivity contribution is -0.332. The van der Waals surface area contributed by atoms with E-state index in [1.807, 2.05) is 0 Å². The molecule has 0 unspecified atom stereocenters. The highest BCUT2D eigenvalue weighted by Crippen LogP contribution is 2.52. The van der Waals surface area contributed by atoms with Crippen LogP contribution in [0.4, 0.5) is 30.7 Å². The number of halogens is 12. The van der Waals surface area contributed by atoms with E-state index in [1.165, 1.54) is 0 Å². The van der Waals surface area contributed by atoms with Gasteiger partial charge in [-0.3, -0.25) is 0 Å². The third kappa shape index (κ3) is 4.56. The van der Waals surface area contributed by atoms with Gasteiger partial charge in [0.05, 0.1) is 4.90 Å². The monoisotopic (exact) mass is 595 g/mol. The highest BCUT2D eigenvalue weighted by molar-refractivity contribution is 9.11. The van der Waals surface area contributed by atoms with Gasteiger partial charge < -0.3 is 0 Å². The summed E-state index contributed by atoms with van der Waals surface area (Å²) in [6, 6.07) is 2.69. The molecule has 2 nitrogen and oxygen atoms in total. The smallest absolute Gasteiger partial charge is 0.217 e. The lowest BCUT2D eigenvalue weighted by Crippen LogP contribution is -2.56. The van der Waals surface area contributed by atoms with E-state index in [0.29, 0.717) is 6.07 Å². The van der Waals surface area contributed by atoms with Gasteiger partial charge in [0.25, 0.3) is 9.84 Å². The Morgan fingerprint density at radius 3 is 1.85 bits per heavy atom. The molecule has 0 bridgehead atoms. The molecule has 1 aromatic rings. The Morgan fingerprint density at radius 1 is 1.00 bits per heavy atom. The first-order valence-electron chi connectivity index (χ1n) is 5.79. The van der Waals surface area contributed by atoms with E-state index >= 15 is 0 Å². The zero-order chi connectivity index (χ0) is 20.9. The van der Waals surface area contributed by atoms with E-state index in [4.69, 9.17) is 34.8 Å². The number of sulfone groups is 1. The van der Waals surface area contributed by atoms with Crippen molar-refractivity contribution >= 4 is 76.5 Å². The maximum Gasteiger partial charge on any atom is 0.461 e. The van der Waals surface area contributed by atoms with Gasteiger partial charge in [-0.1, -0.05) is 50.7 Å². The summed E-state index contributed by atoms with van der Waals surface area (Å²) in [7, 11) is -6.59. The van der Waals surface area contributed by atoms with Gasteiger partial charge in [0.1, 0.15) is 0 Å². The molecule has 0 aliphatic carbocycles. The predicted octanol–water partition coefficient (Wildman–Crippen LogP) is 6.49. The Hall–Kier alpha value is 0.510. The van der Waals surface area contributed by atoms with Crippen molar-refractivity contribution in [1.82, 2.24) is 0 Å². The summed E-state index contributed by atoms with van der Waals surface area (Å²) in [4.78, 5) is -1.59. The van der Waals surface area contributed by atoms with E-state index in [9.17, 15) is 39.2 Å². The molecule has 0 atom stereocenters. The second kappa shape index (κ2) is 7.40. The first kappa shape index (κ1) is 24.5. The highest BCUT2D eigenvalue weighted by Gasteiger charge is 2.78. The molecule has 0 saturated heterocycles. The lowest BCUT2D eigenvalue weighted by atomic mass is 10.2. The number of hydrogen-bond donors (Lipinski definition) is 0. The van der Waals surface area contributed by atoms with E-state index < -0.39 is 52.3 Å². The standard InChI is InChI=1S/C11H3Br2Cl3F7O2S/c12-4-1-6(13)5(3-8(14,15)16)7(2-4)26(24,25)11(22,23)9(17,18)10(19,20)21/h2H,3H2. The molecule has 0 aliphatic rings. The van der Waals surface area contributed by atoms with Crippen LogP contribution in [0.25, 0.3) is 0 Å². The van der Waals surface area contributed by atoms with Crippen LogP contribution in [0.15, 0.2) is 19.9 Å². The number of hydrogen-bond acceptors (Lipinski definition) is 2. The maximum atomic E-state index is 13.8. The SMILES string of the molecule is O=S(=O)(c1cc(Br)[c]c(Br)c1CC(Cl)(Cl)Cl)C(F)(F)C(F)(F)C(F)(F)F. The molecule has 0 N–H and O–H groups in total. The summed E-state index contributed by atoms with van der Waals surface area (Å²) < 4.78 is 112. The van der Waals surface area contributed by atoms with Gasteiger partial charge in [-0.05, 0) is 27.6 Å². The van der Waals surface area contributed by atoms with Crippen molar-refractivity contribution < 1.29 is 39.2 Å². The molecule has 0 fully saturated rings. The minimum Gasteiger partial charge on any atom is -0.217 e. The zero-order valence-electron chi connectivity index (χ0n) is 11.5. The Labute approximate surface area is 174 Å². The molecule has 149 valence electrons. The normalized spacial score (nSPS) is 14.6. The first-order chi connectivity index (χ1) is 11.3. The molecular weight excluding hydrogens is 595 g/mol. The molecule has 0 aliphatic heterocycles. The van der Waals surface area contributed by atoms with Crippen LogP contribution in [-0.2, 0) is 16.3 Å². The summed E-state index contributed by atoms with van der Waals surface area (Å²) in [5.41, 5.74) is -0.772. The van der Waals surface area contributed by atoms with Crippen LogP contribution >= 0.6 is 66.7 Å². The Balaban J connectivity index is 3.79. The predicted molar refractivity (Wildman–Crippen MR) is 87.8 cm³/mol. The largest absolute Gasteiger partial charge is 0.461 e. The second-order valence-electron chi connectivity index (χ2n) is 4.66. The van der Waals surface area contributed by atoms with E-state index in [2.05, 4.69) is 37.9 Å². The van der Waals surface area contributed by atoms with Crippen molar-refractivity contribution in [1.29, 1.82) is 0 Å². The maximum absolute atomic E-state index is 13.8. The average molecular weight is 598 g/mol. The van der Waals surface area contributed by atoms with E-state index in [1.54, 1.807) is 0 Å². The summed E-state index contributed by atoms with van der Waals surface area (Å²) in [6.45, 7) is 0. The molecule has 1 aromatic carbocycles. The molecule has 15 heteroatoms. The van der Waals surface area contributed by atoms with E-state index in [0.717, 1.165) is 0 Å². The summed E-state index contributed by atoms with van der Waals surface area (Å²) in [5.74, 6) is -6.88. The second-order valence-corrected chi connectivity index (χ2v) is 10.8. The number of rotatable bonds is 4. The van der Waals surface area contributed by atoms with Crippen LogP contribution in [-0.4, -0.2) is 29.6 Å². The fourth-order valence-corrected chi connectivity index (χ4v) is 5.05. The highest BCUT2D eigenvalue weighted by atomic mass is 79.9. The van der Waals surface area contributed by atoms with Crippen LogP contribution in [0.1, 0.15) is 5.56 Å². The van der Waals surface area contributed by atoms with Gasteiger partial charge in [0, 0.05) is 21.4 Å². The van der Waals surface area contributed by atoms with E-state index in [-0.39, 0.29) is 4.47 Å². The van der Waals surface area contributed by atoms with Gasteiger partial charge in [-0.2, -0.15) is 30.7 Å². The van der Waals surface area contributed by atoms with Crippen LogP contribution in [0.2, 0.25) is 0 Å². The Kier molecular flexibility index (Phi) is 6.99. The fourth-order valence-electron chi connectivity index (χ4n) is 1.60. The molecule has 1 radical (unpaired) electrons. The summed E-state index contributed by atoms with van der Waals surface area (Å²) >= 11 is 21.7. The third-order valence-electron chi connectivity index (χ3n) is 2.78. The molecule has 0 aromatic heterocycles. The lowest BCUT2D eigenvalue weighted by Gasteiger charge is -2.29. The van der Waals surface area contributed by atoms with Crippen molar-refractivity contribution in [3.8, 4) is 0 Å². The Morgan fingerprint density at radius 2 is 1.46 bits per heavy atom. The van der Waals surface area contributed by atoms with Gasteiger partial charge in [-0.15, -0.1) is 0 Å². The van der Waals surface area contributed by atoms with Crippen molar-refractivity contribution in [2.75, 3.05) is 0 Å². The number of alkyl halides is 10. The molecule has 26 heavy (non-hydrogen) atoms. The summed E-state index contributed by atoms with van der Waals surface area (Å²) in [5, 5.41) is -6.54. The summed E-state index contributed by atoms with van der Waals surface area (Å²) in [6.07, 6.45) is -7.75. The van der Waals surface area contributed by atoms with Gasteiger partial charge in [0.15, 0.2) is 3.79 Å². The Bertz CT molecular complexity index is 807. The van der Waals surface area contributed by atoms with Crippen molar-refractivity contribution in [2.24, 2.45) is 0 Å².